The normalized spacial score (nSPS) is 13.6. The Balaban J connectivity index is 1.67. The van der Waals surface area contributed by atoms with Gasteiger partial charge in [0, 0.05) is 38.0 Å². The van der Waals surface area contributed by atoms with E-state index in [4.69, 9.17) is 0 Å². The number of aryl methyl sites for hydroxylation is 1. The topological polar surface area (TPSA) is 96.8 Å². The van der Waals surface area contributed by atoms with Crippen LogP contribution in [0.4, 0.5) is 0 Å². The first-order valence-corrected chi connectivity index (χ1v) is 7.94. The van der Waals surface area contributed by atoms with E-state index in [9.17, 15) is 9.59 Å². The number of nitrogens with zero attached hydrogens (tertiary/aromatic N) is 5. The summed E-state index contributed by atoms with van der Waals surface area (Å²) in [7, 11) is 1.72. The highest BCUT2D eigenvalue weighted by Crippen LogP contribution is 2.24. The van der Waals surface area contributed by atoms with Gasteiger partial charge in [0.25, 0.3) is 11.5 Å². The van der Waals surface area contributed by atoms with Gasteiger partial charge in [0.1, 0.15) is 0 Å². The van der Waals surface area contributed by atoms with Crippen molar-refractivity contribution in [1.29, 1.82) is 0 Å². The predicted octanol–water partition coefficient (Wildman–Crippen LogP) is 0.764. The van der Waals surface area contributed by atoms with Crippen LogP contribution in [0, 0.1) is 0 Å². The number of amides is 1. The molecule has 0 bridgehead atoms. The lowest BCUT2D eigenvalue weighted by Crippen LogP contribution is -2.37. The van der Waals surface area contributed by atoms with E-state index >= 15 is 0 Å². The van der Waals surface area contributed by atoms with Crippen LogP contribution < -0.4 is 5.56 Å². The number of fused-ring (bicyclic) bond motifs is 1. The third-order valence-corrected chi connectivity index (χ3v) is 4.45. The van der Waals surface area contributed by atoms with Crippen molar-refractivity contribution in [2.24, 2.45) is 7.05 Å². The summed E-state index contributed by atoms with van der Waals surface area (Å²) in [5.41, 5.74) is 3.17. The van der Waals surface area contributed by atoms with E-state index < -0.39 is 0 Å². The van der Waals surface area contributed by atoms with E-state index in [1.165, 1.54) is 0 Å². The zero-order chi connectivity index (χ0) is 17.4. The molecule has 1 N–H and O–H groups in total. The molecule has 1 aliphatic heterocycles. The van der Waals surface area contributed by atoms with Crippen LogP contribution in [0.15, 0.2) is 41.3 Å². The number of aromatic nitrogens is 5. The number of pyridine rings is 1. The SMILES string of the molecule is Cn1cc2c(cc1=O)CCN(C(=O)c1ccccc1-c1nn[nH]n1)C2. The molecule has 2 aromatic heterocycles. The van der Waals surface area contributed by atoms with Gasteiger partial charge in [-0.2, -0.15) is 5.21 Å². The monoisotopic (exact) mass is 336 g/mol. The van der Waals surface area contributed by atoms with Crippen LogP contribution in [0.1, 0.15) is 21.5 Å². The smallest absolute Gasteiger partial charge is 0.254 e. The van der Waals surface area contributed by atoms with E-state index in [0.29, 0.717) is 36.5 Å². The van der Waals surface area contributed by atoms with Gasteiger partial charge in [-0.25, -0.2) is 0 Å². The van der Waals surface area contributed by atoms with Gasteiger partial charge in [0.05, 0.1) is 5.56 Å². The van der Waals surface area contributed by atoms with Gasteiger partial charge in [-0.15, -0.1) is 10.2 Å². The second-order valence-electron chi connectivity index (χ2n) is 6.03. The molecule has 0 fully saturated rings. The van der Waals surface area contributed by atoms with Crippen LogP contribution in [-0.4, -0.2) is 42.5 Å². The third kappa shape index (κ3) is 2.71. The zero-order valence-electron chi connectivity index (χ0n) is 13.6. The molecule has 8 heteroatoms. The van der Waals surface area contributed by atoms with E-state index in [1.54, 1.807) is 34.7 Å². The van der Waals surface area contributed by atoms with E-state index in [2.05, 4.69) is 20.6 Å². The molecule has 25 heavy (non-hydrogen) atoms. The first-order valence-electron chi connectivity index (χ1n) is 7.94. The molecule has 0 unspecified atom stereocenters. The average molecular weight is 336 g/mol. The second kappa shape index (κ2) is 5.97. The number of aromatic amines is 1. The summed E-state index contributed by atoms with van der Waals surface area (Å²) in [5.74, 6) is 0.309. The van der Waals surface area contributed by atoms with Crippen molar-refractivity contribution in [2.45, 2.75) is 13.0 Å². The Kier molecular flexibility index (Phi) is 3.64. The quantitative estimate of drug-likeness (QED) is 0.745. The standard InChI is InChI=1S/C17H16N6O2/c1-22-9-12-10-23(7-6-11(12)8-15(22)24)17(25)14-5-3-2-4-13(14)16-18-20-21-19-16/h2-5,8-9H,6-7,10H2,1H3,(H,18,19,20,21). The second-order valence-corrected chi connectivity index (χ2v) is 6.03. The summed E-state index contributed by atoms with van der Waals surface area (Å²) in [5, 5.41) is 13.9. The maximum Gasteiger partial charge on any atom is 0.254 e. The van der Waals surface area contributed by atoms with E-state index in [0.717, 1.165) is 11.1 Å². The lowest BCUT2D eigenvalue weighted by atomic mass is 10.00. The van der Waals surface area contributed by atoms with Gasteiger partial charge >= 0.3 is 0 Å². The molecule has 1 aromatic carbocycles. The summed E-state index contributed by atoms with van der Waals surface area (Å²) in [6.07, 6.45) is 2.48. The minimum atomic E-state index is -0.0834. The Morgan fingerprint density at radius 1 is 1.24 bits per heavy atom. The Morgan fingerprint density at radius 3 is 2.88 bits per heavy atom. The molecule has 8 nitrogen and oxygen atoms in total. The minimum absolute atomic E-state index is 0.0269. The molecule has 0 atom stereocenters. The van der Waals surface area contributed by atoms with Crippen molar-refractivity contribution >= 4 is 5.91 Å². The van der Waals surface area contributed by atoms with Crippen LogP contribution in [0.3, 0.4) is 0 Å². The fourth-order valence-electron chi connectivity index (χ4n) is 3.12. The van der Waals surface area contributed by atoms with Gasteiger partial charge in [0.15, 0.2) is 0 Å². The Labute approximate surface area is 143 Å². The lowest BCUT2D eigenvalue weighted by molar-refractivity contribution is 0.0735. The van der Waals surface area contributed by atoms with Gasteiger partial charge in [-0.3, -0.25) is 9.59 Å². The molecular weight excluding hydrogens is 320 g/mol. The van der Waals surface area contributed by atoms with E-state index in [-0.39, 0.29) is 11.5 Å². The molecule has 0 aliphatic carbocycles. The minimum Gasteiger partial charge on any atom is -0.334 e. The molecule has 4 rings (SSSR count). The van der Waals surface area contributed by atoms with Crippen molar-refractivity contribution in [3.63, 3.8) is 0 Å². The average Bonchev–Trinajstić information content (AvgIpc) is 3.16. The molecule has 1 amide bonds. The number of H-pyrrole nitrogens is 1. The van der Waals surface area contributed by atoms with Gasteiger partial charge in [-0.1, -0.05) is 18.2 Å². The molecule has 0 spiro atoms. The van der Waals surface area contributed by atoms with Gasteiger partial charge in [0.2, 0.25) is 5.82 Å². The van der Waals surface area contributed by atoms with Crippen molar-refractivity contribution in [2.75, 3.05) is 6.54 Å². The summed E-state index contributed by atoms with van der Waals surface area (Å²) < 4.78 is 1.54. The number of rotatable bonds is 2. The number of carbonyl (C=O) groups is 1. The van der Waals surface area contributed by atoms with Crippen LogP contribution in [0.25, 0.3) is 11.4 Å². The zero-order valence-corrected chi connectivity index (χ0v) is 13.6. The first kappa shape index (κ1) is 15.3. The number of nitrogens with one attached hydrogen (secondary N) is 1. The van der Waals surface area contributed by atoms with Gasteiger partial charge in [-0.05, 0) is 28.8 Å². The van der Waals surface area contributed by atoms with Crippen molar-refractivity contribution < 1.29 is 4.79 Å². The highest BCUT2D eigenvalue weighted by atomic mass is 16.2. The summed E-state index contributed by atoms with van der Waals surface area (Å²) >= 11 is 0. The van der Waals surface area contributed by atoms with Crippen LogP contribution >= 0.6 is 0 Å². The Morgan fingerprint density at radius 2 is 2.08 bits per heavy atom. The number of benzene rings is 1. The maximum atomic E-state index is 13.0. The molecular formula is C17H16N6O2. The Hall–Kier alpha value is -3.29. The largest absolute Gasteiger partial charge is 0.334 e. The fourth-order valence-corrected chi connectivity index (χ4v) is 3.12. The number of tetrazole rings is 1. The highest BCUT2D eigenvalue weighted by Gasteiger charge is 2.25. The highest BCUT2D eigenvalue weighted by molar-refractivity contribution is 6.00. The van der Waals surface area contributed by atoms with Crippen molar-refractivity contribution in [3.05, 3.63) is 63.6 Å². The molecule has 3 aromatic rings. The predicted molar refractivity (Wildman–Crippen MR) is 89.7 cm³/mol. The number of hydrogen-bond acceptors (Lipinski definition) is 5. The maximum absolute atomic E-state index is 13.0. The summed E-state index contributed by atoms with van der Waals surface area (Å²) in [6, 6.07) is 8.89. The molecule has 3 heterocycles. The summed E-state index contributed by atoms with van der Waals surface area (Å²) in [4.78, 5) is 26.6. The van der Waals surface area contributed by atoms with Gasteiger partial charge < -0.3 is 9.47 Å². The van der Waals surface area contributed by atoms with Crippen LogP contribution in [0.5, 0.6) is 0 Å². The fraction of sp³-hybridized carbons (Fsp3) is 0.235. The third-order valence-electron chi connectivity index (χ3n) is 4.45. The van der Waals surface area contributed by atoms with Crippen molar-refractivity contribution in [1.82, 2.24) is 30.1 Å². The molecule has 126 valence electrons. The van der Waals surface area contributed by atoms with Crippen LogP contribution in [0.2, 0.25) is 0 Å². The van der Waals surface area contributed by atoms with E-state index in [1.807, 2.05) is 18.3 Å². The first-order chi connectivity index (χ1) is 12.1. The molecule has 0 saturated heterocycles. The molecule has 0 saturated carbocycles. The van der Waals surface area contributed by atoms with Crippen molar-refractivity contribution in [3.8, 4) is 11.4 Å². The molecule has 0 radical (unpaired) electrons. The number of hydrogen-bond donors (Lipinski definition) is 1. The summed E-state index contributed by atoms with van der Waals surface area (Å²) in [6.45, 7) is 1.04. The number of carbonyl (C=O) groups excluding carboxylic acids is 1. The Bertz CT molecular complexity index is 993. The van der Waals surface area contributed by atoms with Crippen LogP contribution in [-0.2, 0) is 20.0 Å². The lowest BCUT2D eigenvalue weighted by Gasteiger charge is -2.29. The molecule has 1 aliphatic rings.